The van der Waals surface area contributed by atoms with Gasteiger partial charge in [-0.1, -0.05) is 43.3 Å². The van der Waals surface area contributed by atoms with E-state index >= 15 is 0 Å². The molecule has 2 fully saturated rings. The molecule has 4 rings (SSSR count). The Bertz CT molecular complexity index is 705. The van der Waals surface area contributed by atoms with Crippen molar-refractivity contribution in [2.45, 2.75) is 25.8 Å². The predicted molar refractivity (Wildman–Crippen MR) is 85.7 cm³/mol. The van der Waals surface area contributed by atoms with Gasteiger partial charge in [0.05, 0.1) is 0 Å². The third-order valence-electron chi connectivity index (χ3n) is 4.82. The molecule has 2 aromatic rings. The van der Waals surface area contributed by atoms with Crippen LogP contribution in [-0.2, 0) is 4.79 Å². The van der Waals surface area contributed by atoms with E-state index in [4.69, 9.17) is 0 Å². The van der Waals surface area contributed by atoms with Crippen molar-refractivity contribution in [1.29, 1.82) is 0 Å². The molecule has 3 nitrogen and oxygen atoms in total. The molecule has 0 bridgehead atoms. The van der Waals surface area contributed by atoms with E-state index in [1.54, 1.807) is 0 Å². The normalized spacial score (nSPS) is 24.3. The molecule has 1 saturated heterocycles. The van der Waals surface area contributed by atoms with Crippen LogP contribution in [0.5, 0.6) is 0 Å². The number of nitrogens with zero attached hydrogens (tertiary/aromatic N) is 2. The average Bonchev–Trinajstić information content (AvgIpc) is 3.30. The van der Waals surface area contributed by atoms with Crippen LogP contribution < -0.4 is 4.90 Å². The molecular weight excluding hydrogens is 260 g/mol. The minimum atomic E-state index is -0.226. The van der Waals surface area contributed by atoms with E-state index in [1.807, 2.05) is 24.0 Å². The Morgan fingerprint density at radius 1 is 1.14 bits per heavy atom. The second-order valence-corrected chi connectivity index (χ2v) is 6.47. The lowest BCUT2D eigenvalue weighted by Crippen LogP contribution is -2.38. The maximum Gasteiger partial charge on any atom is 0.209 e. The monoisotopic (exact) mass is 279 g/mol. The second kappa shape index (κ2) is 4.57. The lowest BCUT2D eigenvalue weighted by Gasteiger charge is -2.28. The van der Waals surface area contributed by atoms with Crippen molar-refractivity contribution in [2.24, 2.45) is 5.41 Å². The number of amides is 1. The zero-order valence-electron chi connectivity index (χ0n) is 12.2. The van der Waals surface area contributed by atoms with Gasteiger partial charge < -0.3 is 10.2 Å². The molecule has 1 atom stereocenters. The molecule has 0 radical (unpaired) electrons. The molecule has 1 aliphatic heterocycles. The van der Waals surface area contributed by atoms with E-state index in [0.29, 0.717) is 0 Å². The molecule has 1 amide bonds. The minimum Gasteiger partial charge on any atom is -0.651 e. The summed E-state index contributed by atoms with van der Waals surface area (Å²) in [4.78, 5) is 14.6. The highest BCUT2D eigenvalue weighted by molar-refractivity contribution is 6.00. The number of anilines is 1. The molecule has 2 aromatic carbocycles. The van der Waals surface area contributed by atoms with Gasteiger partial charge in [-0.3, -0.25) is 4.79 Å². The largest absolute Gasteiger partial charge is 0.651 e. The van der Waals surface area contributed by atoms with Crippen molar-refractivity contribution in [3.8, 4) is 0 Å². The molecule has 21 heavy (non-hydrogen) atoms. The quantitative estimate of drug-likeness (QED) is 0.783. The zero-order valence-corrected chi connectivity index (χ0v) is 12.2. The van der Waals surface area contributed by atoms with Crippen LogP contribution in [0, 0.1) is 5.41 Å². The SMILES string of the molecule is CC1[N-]CC2(CC2)CN(c2ccc3ccccc3c2)C1=O. The molecular formula is C18H19N2O-. The molecule has 1 spiro atoms. The average molecular weight is 279 g/mol. The van der Waals surface area contributed by atoms with Crippen molar-refractivity contribution in [2.75, 3.05) is 18.0 Å². The summed E-state index contributed by atoms with van der Waals surface area (Å²) in [6, 6.07) is 14.3. The minimum absolute atomic E-state index is 0.133. The van der Waals surface area contributed by atoms with Crippen LogP contribution in [0.25, 0.3) is 16.1 Å². The highest BCUT2D eigenvalue weighted by atomic mass is 16.2. The van der Waals surface area contributed by atoms with Crippen LogP contribution in [0.15, 0.2) is 42.5 Å². The molecule has 0 aromatic heterocycles. The highest BCUT2D eigenvalue weighted by Crippen LogP contribution is 2.49. The van der Waals surface area contributed by atoms with Gasteiger partial charge in [-0.25, -0.2) is 0 Å². The van der Waals surface area contributed by atoms with Crippen LogP contribution in [0.1, 0.15) is 19.8 Å². The van der Waals surface area contributed by atoms with E-state index in [1.165, 1.54) is 23.6 Å². The number of hydrogen-bond donors (Lipinski definition) is 0. The first-order chi connectivity index (χ1) is 10.2. The van der Waals surface area contributed by atoms with Gasteiger partial charge in [0.15, 0.2) is 0 Å². The van der Waals surface area contributed by atoms with Gasteiger partial charge in [0.1, 0.15) is 0 Å². The standard InChI is InChI=1S/C18H19N2O/c1-13-17(21)20(12-18(8-9-18)11-19-13)16-7-6-14-4-2-3-5-15(14)10-16/h2-7,10,13H,8-9,11-12H2,1H3/q-1. The molecule has 1 unspecified atom stereocenters. The fourth-order valence-corrected chi connectivity index (χ4v) is 3.15. The Kier molecular flexibility index (Phi) is 2.79. The number of carbonyl (C=O) groups is 1. The molecule has 1 heterocycles. The van der Waals surface area contributed by atoms with Crippen molar-refractivity contribution in [3.05, 3.63) is 47.8 Å². The van der Waals surface area contributed by atoms with Crippen LogP contribution >= 0.6 is 0 Å². The third-order valence-corrected chi connectivity index (χ3v) is 4.82. The van der Waals surface area contributed by atoms with Crippen LogP contribution in [-0.4, -0.2) is 25.0 Å². The van der Waals surface area contributed by atoms with Crippen molar-refractivity contribution in [1.82, 2.24) is 0 Å². The summed E-state index contributed by atoms with van der Waals surface area (Å²) < 4.78 is 0. The van der Waals surface area contributed by atoms with Gasteiger partial charge in [-0.05, 0) is 41.2 Å². The van der Waals surface area contributed by atoms with E-state index in [2.05, 4.69) is 35.6 Å². The lowest BCUT2D eigenvalue weighted by atomic mass is 10.1. The molecule has 2 aliphatic rings. The zero-order chi connectivity index (χ0) is 14.4. The van der Waals surface area contributed by atoms with Crippen molar-refractivity contribution < 1.29 is 4.79 Å². The van der Waals surface area contributed by atoms with Crippen LogP contribution in [0.3, 0.4) is 0 Å². The Hall–Kier alpha value is -1.87. The Balaban J connectivity index is 1.75. The fraction of sp³-hybridized carbons (Fsp3) is 0.389. The van der Waals surface area contributed by atoms with E-state index in [0.717, 1.165) is 18.8 Å². The van der Waals surface area contributed by atoms with Gasteiger partial charge in [-0.2, -0.15) is 0 Å². The summed E-state index contributed by atoms with van der Waals surface area (Å²) in [5.41, 5.74) is 1.26. The van der Waals surface area contributed by atoms with E-state index in [9.17, 15) is 4.79 Å². The smallest absolute Gasteiger partial charge is 0.209 e. The van der Waals surface area contributed by atoms with E-state index < -0.39 is 0 Å². The number of hydrogen-bond acceptors (Lipinski definition) is 1. The van der Waals surface area contributed by atoms with Gasteiger partial charge in [0, 0.05) is 12.2 Å². The first-order valence-electron chi connectivity index (χ1n) is 7.64. The van der Waals surface area contributed by atoms with Gasteiger partial charge in [0.2, 0.25) is 5.91 Å². The fourth-order valence-electron chi connectivity index (χ4n) is 3.15. The van der Waals surface area contributed by atoms with Gasteiger partial charge >= 0.3 is 0 Å². The summed E-state index contributed by atoms with van der Waals surface area (Å²) >= 11 is 0. The third kappa shape index (κ3) is 2.22. The van der Waals surface area contributed by atoms with Crippen molar-refractivity contribution in [3.63, 3.8) is 0 Å². The molecule has 0 N–H and O–H groups in total. The van der Waals surface area contributed by atoms with Crippen LogP contribution in [0.4, 0.5) is 5.69 Å². The summed E-state index contributed by atoms with van der Waals surface area (Å²) in [6.07, 6.45) is 2.39. The highest BCUT2D eigenvalue weighted by Gasteiger charge is 2.43. The first kappa shape index (κ1) is 12.8. The summed E-state index contributed by atoms with van der Waals surface area (Å²) in [5, 5.41) is 6.96. The topological polar surface area (TPSA) is 34.4 Å². The van der Waals surface area contributed by atoms with Gasteiger partial charge in [0.25, 0.3) is 0 Å². The Morgan fingerprint density at radius 2 is 1.90 bits per heavy atom. The lowest BCUT2D eigenvalue weighted by molar-refractivity contribution is -0.118. The molecule has 1 saturated carbocycles. The molecule has 108 valence electrons. The van der Waals surface area contributed by atoms with Gasteiger partial charge in [-0.15, -0.1) is 6.54 Å². The summed E-state index contributed by atoms with van der Waals surface area (Å²) in [5.74, 6) is 0.133. The number of carbonyl (C=O) groups excluding carboxylic acids is 1. The molecule has 1 aliphatic carbocycles. The first-order valence-corrected chi connectivity index (χ1v) is 7.64. The number of rotatable bonds is 1. The number of benzene rings is 2. The second-order valence-electron chi connectivity index (χ2n) is 6.47. The van der Waals surface area contributed by atoms with Crippen LogP contribution in [0.2, 0.25) is 0 Å². The number of fused-ring (bicyclic) bond motifs is 1. The summed E-state index contributed by atoms with van der Waals surface area (Å²) in [7, 11) is 0. The summed E-state index contributed by atoms with van der Waals surface area (Å²) in [6.45, 7) is 3.57. The molecule has 3 heteroatoms. The maximum absolute atomic E-state index is 12.6. The Labute approximate surface area is 124 Å². The predicted octanol–water partition coefficient (Wildman–Crippen LogP) is 3.73. The Morgan fingerprint density at radius 3 is 2.67 bits per heavy atom. The maximum atomic E-state index is 12.6. The van der Waals surface area contributed by atoms with E-state index in [-0.39, 0.29) is 17.4 Å². The van der Waals surface area contributed by atoms with Crippen molar-refractivity contribution >= 4 is 22.4 Å².